The van der Waals surface area contributed by atoms with Gasteiger partial charge in [0.2, 0.25) is 0 Å². The molecule has 0 unspecified atom stereocenters. The normalized spacial score (nSPS) is 9.17. The lowest BCUT2D eigenvalue weighted by Crippen LogP contribution is -2.27. The fourth-order valence-corrected chi connectivity index (χ4v) is 1.66. The van der Waals surface area contributed by atoms with Gasteiger partial charge in [-0.1, -0.05) is 0 Å². The van der Waals surface area contributed by atoms with Gasteiger partial charge in [0.05, 0.1) is 0 Å². The molecule has 0 rings (SSSR count). The van der Waals surface area contributed by atoms with Gasteiger partial charge >= 0.3 is 9.53 Å². The van der Waals surface area contributed by atoms with E-state index < -0.39 is 9.53 Å². The minimum Gasteiger partial charge on any atom is -0.512 e. The first-order valence-electron chi connectivity index (χ1n) is 3.92. The van der Waals surface area contributed by atoms with Crippen LogP contribution >= 0.6 is 0 Å². The number of hydrogen-bond donors (Lipinski definition) is 0. The number of rotatable bonds is 6. The third-order valence-electron chi connectivity index (χ3n) is 0.908. The van der Waals surface area contributed by atoms with E-state index in [1.54, 1.807) is 0 Å². The molecule has 0 aliphatic heterocycles. The van der Waals surface area contributed by atoms with Gasteiger partial charge in [-0.05, 0) is 20.8 Å². The van der Waals surface area contributed by atoms with Crippen LogP contribution in [0.5, 0.6) is 0 Å². The largest absolute Gasteiger partial charge is 0.512 e. The van der Waals surface area contributed by atoms with Crippen LogP contribution in [0, 0.1) is 11.8 Å². The molecule has 0 radical (unpaired) electrons. The average Bonchev–Trinajstić information content (AvgIpc) is 2.10. The molecule has 0 aliphatic carbocycles. The van der Waals surface area contributed by atoms with E-state index in [2.05, 4.69) is 0 Å². The Kier molecular flexibility index (Phi) is 15.5. The molecule has 0 fully saturated rings. The molecule has 0 aromatic heterocycles. The molecule has 0 bridgehead atoms. The molecule has 0 spiro atoms. The molecule has 0 aliphatic rings. The topological polar surface area (TPSA) is 51.5 Å². The van der Waals surface area contributed by atoms with Crippen LogP contribution in [0.25, 0.3) is 0 Å². The lowest BCUT2D eigenvalue weighted by atomic mass is 10.9. The van der Waals surface area contributed by atoms with Gasteiger partial charge in [-0.25, -0.2) is 0 Å². The fourth-order valence-electron chi connectivity index (χ4n) is 0.553. The summed E-state index contributed by atoms with van der Waals surface area (Å²) in [6, 6.07) is 0. The van der Waals surface area contributed by atoms with Crippen LogP contribution in [0.1, 0.15) is 20.8 Å². The fraction of sp³-hybridized carbons (Fsp3) is 0.857. The third kappa shape index (κ3) is 9.59. The van der Waals surface area contributed by atoms with Crippen molar-refractivity contribution >= 4 is 9.53 Å². The van der Waals surface area contributed by atoms with E-state index in [0.717, 1.165) is 0 Å². The maximum absolute atomic E-state index is 6.25. The summed E-state index contributed by atoms with van der Waals surface area (Å²) in [6.45, 7) is 12.6. The van der Waals surface area contributed by atoms with E-state index in [4.69, 9.17) is 25.1 Å². The van der Waals surface area contributed by atoms with Gasteiger partial charge in [0, 0.05) is 19.8 Å². The summed E-state index contributed by atoms with van der Waals surface area (Å²) in [7, 11) is -1.73. The van der Waals surface area contributed by atoms with E-state index in [1.165, 1.54) is 0 Å². The zero-order valence-electron chi connectivity index (χ0n) is 7.87. The summed E-state index contributed by atoms with van der Waals surface area (Å²) in [5, 5.41) is 6.25. The molecule has 0 saturated heterocycles. The van der Waals surface area contributed by atoms with Gasteiger partial charge in [0.25, 0.3) is 0 Å². The van der Waals surface area contributed by atoms with Crippen molar-refractivity contribution in [3.05, 3.63) is 6.57 Å². The van der Waals surface area contributed by atoms with Gasteiger partial charge in [-0.2, -0.15) is 0 Å². The summed E-state index contributed by atoms with van der Waals surface area (Å²) in [4.78, 5) is 0. The second kappa shape index (κ2) is 13.2. The van der Waals surface area contributed by atoms with Crippen LogP contribution in [-0.2, 0) is 13.3 Å². The molecular weight excluding hydrogens is 174 g/mol. The van der Waals surface area contributed by atoms with E-state index in [0.29, 0.717) is 19.8 Å². The Morgan fingerprint density at radius 3 is 1.33 bits per heavy atom. The van der Waals surface area contributed by atoms with Gasteiger partial charge in [0.1, 0.15) is 0 Å². The third-order valence-corrected chi connectivity index (χ3v) is 2.72. The van der Waals surface area contributed by atoms with Crippen LogP contribution in [0.3, 0.4) is 0 Å². The molecule has 0 heterocycles. The molecule has 0 aromatic carbocycles. The first kappa shape index (κ1) is 14.1. The second-order valence-electron chi connectivity index (χ2n) is 1.65. The Hall–Kier alpha value is -0.413. The molecule has 0 saturated carbocycles. The summed E-state index contributed by atoms with van der Waals surface area (Å²) in [6.07, 6.45) is 0. The molecule has 4 nitrogen and oxygen atoms in total. The van der Waals surface area contributed by atoms with Crippen LogP contribution in [-0.4, -0.2) is 29.3 Å². The van der Waals surface area contributed by atoms with E-state index in [9.17, 15) is 0 Å². The minimum absolute atomic E-state index is 0.677. The van der Waals surface area contributed by atoms with Crippen LogP contribution in [0.2, 0.25) is 0 Å². The predicted molar refractivity (Wildman–Crippen MR) is 47.0 cm³/mol. The summed E-state index contributed by atoms with van der Waals surface area (Å²) in [5.74, 6) is 0. The SMILES string of the molecule is CCO[SiH](OCC)OCC.[C-]#N. The zero-order chi connectivity index (χ0) is 9.82. The van der Waals surface area contributed by atoms with Crippen molar-refractivity contribution in [2.75, 3.05) is 19.8 Å². The molecule has 12 heavy (non-hydrogen) atoms. The lowest BCUT2D eigenvalue weighted by Gasteiger charge is -2.12. The minimum atomic E-state index is -1.73. The van der Waals surface area contributed by atoms with E-state index >= 15 is 0 Å². The molecule has 0 N–H and O–H groups in total. The zero-order valence-corrected chi connectivity index (χ0v) is 9.03. The molecule has 72 valence electrons. The Morgan fingerprint density at radius 2 is 1.17 bits per heavy atom. The average molecular weight is 190 g/mol. The Bertz CT molecular complexity index is 85.6. The smallest absolute Gasteiger partial charge is 0.484 e. The summed E-state index contributed by atoms with van der Waals surface area (Å²) in [5.41, 5.74) is 0. The standard InChI is InChI=1S/C6H16O3Si.CN/c1-4-7-10(8-5-2)9-6-3;1-2/h10H,4-6H2,1-3H3;/q;-1. The molecular formula is C7H16NO3Si-. The van der Waals surface area contributed by atoms with Gasteiger partial charge < -0.3 is 25.1 Å². The second-order valence-corrected chi connectivity index (χ2v) is 3.23. The van der Waals surface area contributed by atoms with Crippen molar-refractivity contribution in [1.29, 1.82) is 5.26 Å². The van der Waals surface area contributed by atoms with Crippen molar-refractivity contribution in [2.45, 2.75) is 20.8 Å². The summed E-state index contributed by atoms with van der Waals surface area (Å²) < 4.78 is 15.7. The highest BCUT2D eigenvalue weighted by atomic mass is 28.3. The maximum Gasteiger partial charge on any atom is 0.484 e. The highest BCUT2D eigenvalue weighted by Crippen LogP contribution is 1.90. The molecule has 0 aromatic rings. The van der Waals surface area contributed by atoms with Gasteiger partial charge in [-0.3, -0.25) is 0 Å². The van der Waals surface area contributed by atoms with Crippen molar-refractivity contribution in [1.82, 2.24) is 0 Å². The van der Waals surface area contributed by atoms with Crippen molar-refractivity contribution in [3.63, 3.8) is 0 Å². The van der Waals surface area contributed by atoms with Crippen LogP contribution in [0.15, 0.2) is 0 Å². The van der Waals surface area contributed by atoms with Crippen molar-refractivity contribution in [3.8, 4) is 0 Å². The van der Waals surface area contributed by atoms with Crippen molar-refractivity contribution < 1.29 is 13.3 Å². The van der Waals surface area contributed by atoms with Crippen molar-refractivity contribution in [2.24, 2.45) is 0 Å². The Labute approximate surface area is 76.0 Å². The van der Waals surface area contributed by atoms with E-state index in [-0.39, 0.29) is 0 Å². The summed E-state index contributed by atoms with van der Waals surface area (Å²) >= 11 is 0. The van der Waals surface area contributed by atoms with Gasteiger partial charge in [-0.15, -0.1) is 0 Å². The number of hydrogen-bond acceptors (Lipinski definition) is 4. The lowest BCUT2D eigenvalue weighted by molar-refractivity contribution is 0.107. The first-order chi connectivity index (χ1) is 5.85. The predicted octanol–water partition coefficient (Wildman–Crippen LogP) is 0.909. The molecule has 0 atom stereocenters. The molecule has 0 amide bonds. The Balaban J connectivity index is 0. The number of nitrogens with zero attached hydrogens (tertiary/aromatic N) is 1. The first-order valence-corrected chi connectivity index (χ1v) is 5.33. The Morgan fingerprint density at radius 1 is 0.917 bits per heavy atom. The highest BCUT2D eigenvalue weighted by Gasteiger charge is 2.11. The molecule has 5 heteroatoms. The van der Waals surface area contributed by atoms with Crippen LogP contribution < -0.4 is 0 Å². The van der Waals surface area contributed by atoms with Gasteiger partial charge in [0.15, 0.2) is 0 Å². The monoisotopic (exact) mass is 190 g/mol. The van der Waals surface area contributed by atoms with E-state index in [1.807, 2.05) is 20.8 Å². The van der Waals surface area contributed by atoms with Crippen LogP contribution in [0.4, 0.5) is 0 Å². The maximum atomic E-state index is 6.25. The quantitative estimate of drug-likeness (QED) is 0.461. The highest BCUT2D eigenvalue weighted by molar-refractivity contribution is 6.36.